The second-order valence-electron chi connectivity index (χ2n) is 5.08. The molecule has 0 fully saturated rings. The Morgan fingerprint density at radius 2 is 1.75 bits per heavy atom. The molecule has 1 aromatic heterocycles. The normalized spacial score (nSPS) is 15.2. The molecule has 0 N–H and O–H groups in total. The van der Waals surface area contributed by atoms with Gasteiger partial charge in [0.1, 0.15) is 0 Å². The summed E-state index contributed by atoms with van der Waals surface area (Å²) in [6, 6.07) is 6.47. The Hall–Kier alpha value is -2.24. The molecule has 0 bridgehead atoms. The van der Waals surface area contributed by atoms with E-state index in [9.17, 15) is 10.1 Å². The molecule has 1 aromatic carbocycles. The van der Waals surface area contributed by atoms with E-state index in [0.717, 1.165) is 42.8 Å². The number of rotatable bonds is 2. The van der Waals surface area contributed by atoms with Crippen LogP contribution in [0.5, 0.6) is 0 Å². The van der Waals surface area contributed by atoms with E-state index in [4.69, 9.17) is 0 Å². The van der Waals surface area contributed by atoms with Crippen molar-refractivity contribution in [2.75, 3.05) is 0 Å². The fourth-order valence-electron chi connectivity index (χ4n) is 2.64. The van der Waals surface area contributed by atoms with E-state index >= 15 is 0 Å². The Labute approximate surface area is 116 Å². The molecule has 0 spiro atoms. The molecule has 104 valence electrons. The maximum Gasteiger partial charge on any atom is 0.269 e. The zero-order chi connectivity index (χ0) is 13.9. The third-order valence-corrected chi connectivity index (χ3v) is 3.73. The molecule has 0 aliphatic heterocycles. The van der Waals surface area contributed by atoms with Gasteiger partial charge in [0.05, 0.1) is 22.0 Å². The van der Waals surface area contributed by atoms with Crippen molar-refractivity contribution in [1.82, 2.24) is 15.0 Å². The number of nitro benzene ring substituents is 1. The van der Waals surface area contributed by atoms with Crippen molar-refractivity contribution >= 4 is 5.69 Å². The van der Waals surface area contributed by atoms with E-state index in [1.54, 1.807) is 12.1 Å². The maximum absolute atomic E-state index is 10.7. The lowest BCUT2D eigenvalue weighted by molar-refractivity contribution is -0.384. The van der Waals surface area contributed by atoms with Crippen LogP contribution in [0, 0.1) is 10.1 Å². The topological polar surface area (TPSA) is 73.8 Å². The smallest absolute Gasteiger partial charge is 0.258 e. The van der Waals surface area contributed by atoms with Gasteiger partial charge >= 0.3 is 0 Å². The highest BCUT2D eigenvalue weighted by atomic mass is 16.6. The monoisotopic (exact) mass is 272 g/mol. The Morgan fingerprint density at radius 3 is 2.45 bits per heavy atom. The van der Waals surface area contributed by atoms with Crippen LogP contribution in [0.1, 0.15) is 37.1 Å². The number of hydrogen-bond donors (Lipinski definition) is 0. The summed E-state index contributed by atoms with van der Waals surface area (Å²) in [5.41, 5.74) is 3.16. The number of nitrogens with zero attached hydrogens (tertiary/aromatic N) is 4. The van der Waals surface area contributed by atoms with Crippen LogP contribution in [0.4, 0.5) is 5.69 Å². The Morgan fingerprint density at radius 1 is 1.05 bits per heavy atom. The zero-order valence-electron chi connectivity index (χ0n) is 11.2. The summed E-state index contributed by atoms with van der Waals surface area (Å²) in [6.07, 6.45) is 6.75. The first kappa shape index (κ1) is 12.8. The van der Waals surface area contributed by atoms with Crippen molar-refractivity contribution < 1.29 is 4.92 Å². The second-order valence-corrected chi connectivity index (χ2v) is 5.08. The minimum Gasteiger partial charge on any atom is -0.258 e. The molecular weight excluding hydrogens is 256 g/mol. The molecule has 1 aliphatic rings. The van der Waals surface area contributed by atoms with Crippen LogP contribution in [0.3, 0.4) is 0 Å². The van der Waals surface area contributed by atoms with Gasteiger partial charge in [-0.2, -0.15) is 0 Å². The van der Waals surface area contributed by atoms with Crippen LogP contribution in [-0.2, 0) is 12.8 Å². The van der Waals surface area contributed by atoms with Crippen molar-refractivity contribution in [3.63, 3.8) is 0 Å². The van der Waals surface area contributed by atoms with Crippen molar-refractivity contribution in [3.8, 4) is 5.69 Å². The molecule has 20 heavy (non-hydrogen) atoms. The van der Waals surface area contributed by atoms with Crippen molar-refractivity contribution in [2.45, 2.75) is 38.5 Å². The molecule has 1 aliphatic carbocycles. The van der Waals surface area contributed by atoms with Gasteiger partial charge < -0.3 is 0 Å². The fourth-order valence-corrected chi connectivity index (χ4v) is 2.64. The van der Waals surface area contributed by atoms with Gasteiger partial charge in [-0.15, -0.1) is 5.10 Å². The van der Waals surface area contributed by atoms with Gasteiger partial charge in [-0.1, -0.05) is 18.1 Å². The predicted molar refractivity (Wildman–Crippen MR) is 73.9 cm³/mol. The molecule has 3 rings (SSSR count). The highest BCUT2D eigenvalue weighted by molar-refractivity contribution is 5.41. The molecule has 6 nitrogen and oxygen atoms in total. The SMILES string of the molecule is O=[N+]([O-])c1ccc(-n2nnc3c2CCCCCC3)cc1. The highest BCUT2D eigenvalue weighted by Crippen LogP contribution is 2.22. The summed E-state index contributed by atoms with van der Waals surface area (Å²) in [5, 5.41) is 19.2. The molecule has 2 aromatic rings. The first-order chi connectivity index (χ1) is 9.75. The van der Waals surface area contributed by atoms with Gasteiger partial charge in [0.25, 0.3) is 5.69 Å². The van der Waals surface area contributed by atoms with E-state index in [1.807, 2.05) is 4.68 Å². The van der Waals surface area contributed by atoms with Crippen LogP contribution in [0.25, 0.3) is 5.69 Å². The van der Waals surface area contributed by atoms with E-state index < -0.39 is 4.92 Å². The summed E-state index contributed by atoms with van der Waals surface area (Å²) in [7, 11) is 0. The lowest BCUT2D eigenvalue weighted by atomic mass is 10.0. The summed E-state index contributed by atoms with van der Waals surface area (Å²) >= 11 is 0. The molecule has 0 unspecified atom stereocenters. The number of aryl methyl sites for hydroxylation is 1. The minimum atomic E-state index is -0.393. The average Bonchev–Trinajstić information content (AvgIpc) is 2.80. The maximum atomic E-state index is 10.7. The molecule has 6 heteroatoms. The largest absolute Gasteiger partial charge is 0.269 e. The van der Waals surface area contributed by atoms with Crippen molar-refractivity contribution in [3.05, 3.63) is 45.8 Å². The van der Waals surface area contributed by atoms with Crippen molar-refractivity contribution in [2.24, 2.45) is 0 Å². The summed E-state index contributed by atoms with van der Waals surface area (Å²) in [5.74, 6) is 0. The lowest BCUT2D eigenvalue weighted by Gasteiger charge is -2.10. The highest BCUT2D eigenvalue weighted by Gasteiger charge is 2.16. The summed E-state index contributed by atoms with van der Waals surface area (Å²) in [6.45, 7) is 0. The van der Waals surface area contributed by atoms with Crippen molar-refractivity contribution in [1.29, 1.82) is 0 Å². The van der Waals surface area contributed by atoms with Gasteiger partial charge in [-0.05, 0) is 37.8 Å². The number of hydrogen-bond acceptors (Lipinski definition) is 4. The van der Waals surface area contributed by atoms with Gasteiger partial charge in [0, 0.05) is 12.1 Å². The summed E-state index contributed by atoms with van der Waals surface area (Å²) < 4.78 is 1.82. The molecule has 0 atom stereocenters. The number of benzene rings is 1. The van der Waals surface area contributed by atoms with Crippen LogP contribution in [0.15, 0.2) is 24.3 Å². The first-order valence-corrected chi connectivity index (χ1v) is 6.94. The fraction of sp³-hybridized carbons (Fsp3) is 0.429. The van der Waals surface area contributed by atoms with Crippen LogP contribution in [0.2, 0.25) is 0 Å². The van der Waals surface area contributed by atoms with Crippen LogP contribution >= 0.6 is 0 Å². The zero-order valence-corrected chi connectivity index (χ0v) is 11.2. The van der Waals surface area contributed by atoms with Crippen LogP contribution in [-0.4, -0.2) is 19.9 Å². The second kappa shape index (κ2) is 5.40. The average molecular weight is 272 g/mol. The third kappa shape index (κ3) is 2.41. The molecule has 0 amide bonds. The first-order valence-electron chi connectivity index (χ1n) is 6.94. The Kier molecular flexibility index (Phi) is 3.45. The van der Waals surface area contributed by atoms with Gasteiger partial charge in [-0.25, -0.2) is 4.68 Å². The number of nitro groups is 1. The van der Waals surface area contributed by atoms with Gasteiger partial charge in [-0.3, -0.25) is 10.1 Å². The molecule has 0 saturated heterocycles. The van der Waals surface area contributed by atoms with E-state index in [0.29, 0.717) is 0 Å². The molecule has 1 heterocycles. The predicted octanol–water partition coefficient (Wildman–Crippen LogP) is 2.83. The molecule has 0 saturated carbocycles. The number of fused-ring (bicyclic) bond motifs is 1. The van der Waals surface area contributed by atoms with Crippen LogP contribution < -0.4 is 0 Å². The minimum absolute atomic E-state index is 0.0942. The lowest BCUT2D eigenvalue weighted by Crippen LogP contribution is -2.06. The quantitative estimate of drug-likeness (QED) is 0.622. The number of aromatic nitrogens is 3. The van der Waals surface area contributed by atoms with Gasteiger partial charge in [0.2, 0.25) is 0 Å². The van der Waals surface area contributed by atoms with Gasteiger partial charge in [0.15, 0.2) is 0 Å². The Bertz CT molecular complexity index is 619. The third-order valence-electron chi connectivity index (χ3n) is 3.73. The standard InChI is InChI=1S/C14H16N4O2/c19-18(20)12-9-7-11(8-10-12)17-14-6-4-2-1-3-5-13(14)15-16-17/h7-10H,1-6H2. The summed E-state index contributed by atoms with van der Waals surface area (Å²) in [4.78, 5) is 10.3. The molecule has 0 radical (unpaired) electrons. The van der Waals surface area contributed by atoms with E-state index in [2.05, 4.69) is 10.3 Å². The number of non-ortho nitro benzene ring substituents is 1. The van der Waals surface area contributed by atoms with E-state index in [-0.39, 0.29) is 5.69 Å². The molecular formula is C14H16N4O2. The van der Waals surface area contributed by atoms with E-state index in [1.165, 1.54) is 25.0 Å². The Balaban J connectivity index is 1.95.